The number of rotatable bonds is 14. The second-order valence-electron chi connectivity index (χ2n) is 10.2. The first-order valence-corrected chi connectivity index (χ1v) is 14.3. The van der Waals surface area contributed by atoms with Gasteiger partial charge in [-0.2, -0.15) is 0 Å². The monoisotopic (exact) mass is 570 g/mol. The molecule has 43 heavy (non-hydrogen) atoms. The van der Waals surface area contributed by atoms with E-state index in [2.05, 4.69) is 34.5 Å². The normalized spacial score (nSPS) is 11.3. The van der Waals surface area contributed by atoms with Gasteiger partial charge in [0.15, 0.2) is 5.78 Å². The molecule has 5 aromatic carbocycles. The zero-order chi connectivity index (χ0) is 29.9. The van der Waals surface area contributed by atoms with E-state index in [1.54, 1.807) is 48.5 Å². The van der Waals surface area contributed by atoms with Crippen molar-refractivity contribution in [1.29, 1.82) is 0 Å². The molecule has 0 unspecified atom stereocenters. The summed E-state index contributed by atoms with van der Waals surface area (Å²) < 4.78 is 6.07. The molecule has 0 aromatic heterocycles. The number of carbonyl (C=O) groups is 2. The molecule has 6 heteroatoms. The van der Waals surface area contributed by atoms with Gasteiger partial charge in [0.1, 0.15) is 18.4 Å². The van der Waals surface area contributed by atoms with Crippen molar-refractivity contribution in [2.75, 3.05) is 23.4 Å². The predicted molar refractivity (Wildman–Crippen MR) is 171 cm³/mol. The van der Waals surface area contributed by atoms with Crippen molar-refractivity contribution in [3.63, 3.8) is 0 Å². The maximum Gasteiger partial charge on any atom is 0.326 e. The SMILES string of the molecule is O=C(c1ccccc1)c1ccccc1N[C@H](Cc1ccc(OCCN(Cc2ccccc2)c2ccccc2)cc1)C(=O)O. The molecule has 0 radical (unpaired) electrons. The molecule has 6 nitrogen and oxygen atoms in total. The largest absolute Gasteiger partial charge is 0.492 e. The number of nitrogens with zero attached hydrogens (tertiary/aromatic N) is 1. The van der Waals surface area contributed by atoms with Crippen molar-refractivity contribution in [2.45, 2.75) is 19.0 Å². The predicted octanol–water partition coefficient (Wildman–Crippen LogP) is 7.11. The van der Waals surface area contributed by atoms with Gasteiger partial charge in [-0.15, -0.1) is 0 Å². The standard InChI is InChI=1S/C37H34N2O4/c40-36(30-14-6-2-7-15-30)33-18-10-11-19-34(33)38-35(37(41)42)26-28-20-22-32(23-21-28)43-25-24-39(31-16-8-3-9-17-31)27-29-12-4-1-5-13-29/h1-23,35,38H,24-27H2,(H,41,42)/t35-/m1/s1. The molecule has 1 atom stereocenters. The van der Waals surface area contributed by atoms with Crippen LogP contribution < -0.4 is 15.0 Å². The van der Waals surface area contributed by atoms with E-state index < -0.39 is 12.0 Å². The molecule has 0 spiro atoms. The maximum atomic E-state index is 13.1. The number of para-hydroxylation sites is 2. The number of anilines is 2. The second-order valence-corrected chi connectivity index (χ2v) is 10.2. The number of carboxylic acids is 1. The summed E-state index contributed by atoms with van der Waals surface area (Å²) in [6, 6.07) is 43.2. The minimum Gasteiger partial charge on any atom is -0.492 e. The number of carbonyl (C=O) groups excluding carboxylic acids is 1. The summed E-state index contributed by atoms with van der Waals surface area (Å²) in [5, 5.41) is 13.1. The molecule has 2 N–H and O–H groups in total. The molecular weight excluding hydrogens is 536 g/mol. The minimum atomic E-state index is -0.998. The zero-order valence-electron chi connectivity index (χ0n) is 23.8. The zero-order valence-corrected chi connectivity index (χ0v) is 23.8. The van der Waals surface area contributed by atoms with Crippen LogP contribution in [-0.4, -0.2) is 36.1 Å². The highest BCUT2D eigenvalue weighted by Crippen LogP contribution is 2.22. The topological polar surface area (TPSA) is 78.9 Å². The molecule has 0 heterocycles. The lowest BCUT2D eigenvalue weighted by Gasteiger charge is -2.25. The fraction of sp³-hybridized carbons (Fsp3) is 0.135. The number of ether oxygens (including phenoxy) is 1. The van der Waals surface area contributed by atoms with Crippen molar-refractivity contribution in [3.8, 4) is 5.75 Å². The van der Waals surface area contributed by atoms with Gasteiger partial charge in [0.25, 0.3) is 0 Å². The summed E-state index contributed by atoms with van der Waals surface area (Å²) in [5.74, 6) is -0.444. The average Bonchev–Trinajstić information content (AvgIpc) is 3.06. The Labute approximate surface area is 252 Å². The van der Waals surface area contributed by atoms with Crippen LogP contribution >= 0.6 is 0 Å². The Bertz CT molecular complexity index is 1610. The van der Waals surface area contributed by atoms with Crippen LogP contribution in [0.3, 0.4) is 0 Å². The summed E-state index contributed by atoms with van der Waals surface area (Å²) in [7, 11) is 0. The Kier molecular flexibility index (Phi) is 9.83. The van der Waals surface area contributed by atoms with Crippen LogP contribution in [0.4, 0.5) is 11.4 Å². The molecule has 0 saturated carbocycles. The van der Waals surface area contributed by atoms with Gasteiger partial charge in [-0.1, -0.05) is 103 Å². The first kappa shape index (κ1) is 29.1. The molecule has 0 aliphatic heterocycles. The first-order valence-electron chi connectivity index (χ1n) is 14.3. The van der Waals surface area contributed by atoms with E-state index in [-0.39, 0.29) is 12.2 Å². The van der Waals surface area contributed by atoms with E-state index in [4.69, 9.17) is 4.74 Å². The van der Waals surface area contributed by atoms with Crippen molar-refractivity contribution in [2.24, 2.45) is 0 Å². The fourth-order valence-electron chi connectivity index (χ4n) is 4.91. The third-order valence-corrected chi connectivity index (χ3v) is 7.17. The van der Waals surface area contributed by atoms with Crippen LogP contribution in [0.1, 0.15) is 27.0 Å². The highest BCUT2D eigenvalue weighted by Gasteiger charge is 2.21. The molecule has 5 rings (SSSR count). The first-order chi connectivity index (χ1) is 21.1. The number of ketones is 1. The van der Waals surface area contributed by atoms with E-state index in [1.165, 1.54) is 5.56 Å². The Hall–Kier alpha value is -5.36. The number of hydrogen-bond donors (Lipinski definition) is 2. The molecule has 0 aliphatic rings. The number of aliphatic carboxylic acids is 1. The summed E-state index contributed by atoms with van der Waals surface area (Å²) in [6.45, 7) is 1.97. The lowest BCUT2D eigenvalue weighted by atomic mass is 10.00. The van der Waals surface area contributed by atoms with Gasteiger partial charge in [-0.3, -0.25) is 4.79 Å². The van der Waals surface area contributed by atoms with E-state index in [0.29, 0.717) is 30.0 Å². The molecule has 216 valence electrons. The molecule has 5 aromatic rings. The van der Waals surface area contributed by atoms with Crippen molar-refractivity contribution in [1.82, 2.24) is 0 Å². The number of hydrogen-bond acceptors (Lipinski definition) is 5. The Balaban J connectivity index is 1.20. The summed E-state index contributed by atoms with van der Waals surface area (Å²) in [5.41, 5.74) is 4.66. The number of nitrogens with one attached hydrogen (secondary N) is 1. The van der Waals surface area contributed by atoms with E-state index in [0.717, 1.165) is 23.5 Å². The van der Waals surface area contributed by atoms with E-state index in [1.807, 2.05) is 66.7 Å². The van der Waals surface area contributed by atoms with Crippen LogP contribution in [0.5, 0.6) is 5.75 Å². The molecule has 0 fully saturated rings. The molecule has 0 amide bonds. The van der Waals surface area contributed by atoms with Crippen LogP contribution in [0.2, 0.25) is 0 Å². The van der Waals surface area contributed by atoms with Gasteiger partial charge in [-0.05, 0) is 47.5 Å². The third kappa shape index (κ3) is 8.11. The van der Waals surface area contributed by atoms with Gasteiger partial charge in [-0.25, -0.2) is 4.79 Å². The minimum absolute atomic E-state index is 0.163. The lowest BCUT2D eigenvalue weighted by molar-refractivity contribution is -0.137. The Morgan fingerprint density at radius 3 is 1.98 bits per heavy atom. The summed E-state index contributed by atoms with van der Waals surface area (Å²) in [4.78, 5) is 27.6. The van der Waals surface area contributed by atoms with Gasteiger partial charge in [0.2, 0.25) is 0 Å². The second kappa shape index (κ2) is 14.5. The smallest absolute Gasteiger partial charge is 0.326 e. The fourth-order valence-corrected chi connectivity index (χ4v) is 4.91. The Morgan fingerprint density at radius 1 is 0.698 bits per heavy atom. The van der Waals surface area contributed by atoms with Gasteiger partial charge < -0.3 is 20.1 Å². The summed E-state index contributed by atoms with van der Waals surface area (Å²) >= 11 is 0. The average molecular weight is 571 g/mol. The lowest BCUT2D eigenvalue weighted by Crippen LogP contribution is -2.32. The van der Waals surface area contributed by atoms with Crippen LogP contribution in [0.25, 0.3) is 0 Å². The van der Waals surface area contributed by atoms with Crippen LogP contribution in [0.15, 0.2) is 140 Å². The van der Waals surface area contributed by atoms with Crippen molar-refractivity contribution >= 4 is 23.1 Å². The highest BCUT2D eigenvalue weighted by molar-refractivity contribution is 6.12. The number of benzene rings is 5. The highest BCUT2D eigenvalue weighted by atomic mass is 16.5. The van der Waals surface area contributed by atoms with Gasteiger partial charge >= 0.3 is 5.97 Å². The maximum absolute atomic E-state index is 13.1. The van der Waals surface area contributed by atoms with Crippen LogP contribution in [0, 0.1) is 0 Å². The molecule has 0 saturated heterocycles. The van der Waals surface area contributed by atoms with Gasteiger partial charge in [0, 0.05) is 35.5 Å². The quantitative estimate of drug-likeness (QED) is 0.139. The van der Waals surface area contributed by atoms with E-state index >= 15 is 0 Å². The third-order valence-electron chi connectivity index (χ3n) is 7.17. The Morgan fingerprint density at radius 2 is 1.30 bits per heavy atom. The van der Waals surface area contributed by atoms with Crippen LogP contribution in [-0.2, 0) is 17.8 Å². The number of carboxylic acid groups (broad SMARTS) is 1. The molecular formula is C37H34N2O4. The van der Waals surface area contributed by atoms with Gasteiger partial charge in [0.05, 0.1) is 6.54 Å². The molecule has 0 bridgehead atoms. The van der Waals surface area contributed by atoms with Crippen molar-refractivity contribution < 1.29 is 19.4 Å². The van der Waals surface area contributed by atoms with Crippen molar-refractivity contribution in [3.05, 3.63) is 162 Å². The van der Waals surface area contributed by atoms with E-state index in [9.17, 15) is 14.7 Å². The molecule has 0 aliphatic carbocycles. The summed E-state index contributed by atoms with van der Waals surface area (Å²) in [6.07, 6.45) is 0.238.